The molecule has 0 aliphatic rings. The molecule has 0 heterocycles. The predicted molar refractivity (Wildman–Crippen MR) is 52.5 cm³/mol. The third kappa shape index (κ3) is 2.30. The molecule has 0 aliphatic carbocycles. The van der Waals surface area contributed by atoms with E-state index in [1.54, 1.807) is 22.6 Å². The van der Waals surface area contributed by atoms with Crippen LogP contribution in [0.3, 0.4) is 0 Å². The molecule has 0 N–H and O–H groups in total. The Kier molecular flexibility index (Phi) is 2.95. The maximum absolute atomic E-state index is 12.4. The lowest BCUT2D eigenvalue weighted by molar-refractivity contribution is 0.551. The first-order valence-electron chi connectivity index (χ1n) is 2.81. The molecule has 0 saturated carbocycles. The maximum atomic E-state index is 12.4. The van der Waals surface area contributed by atoms with Crippen LogP contribution in [-0.4, -0.2) is 8.42 Å². The molecular formula is C6H3ClFIO2S. The van der Waals surface area contributed by atoms with Crippen molar-refractivity contribution in [3.63, 3.8) is 0 Å². The van der Waals surface area contributed by atoms with E-state index in [2.05, 4.69) is 0 Å². The Morgan fingerprint density at radius 2 is 2.00 bits per heavy atom. The van der Waals surface area contributed by atoms with Crippen molar-refractivity contribution in [3.05, 3.63) is 26.8 Å². The summed E-state index contributed by atoms with van der Waals surface area (Å²) in [5.74, 6) is 0. The standard InChI is InChI=1S/C6H3ClFIO2S/c7-4-1-2-6(5(9)3-4)12(8,10)11/h1-3H. The molecule has 0 saturated heterocycles. The van der Waals surface area contributed by atoms with Gasteiger partial charge in [0, 0.05) is 8.59 Å². The highest BCUT2D eigenvalue weighted by atomic mass is 127. The molecule has 66 valence electrons. The van der Waals surface area contributed by atoms with Gasteiger partial charge in [0.25, 0.3) is 0 Å². The van der Waals surface area contributed by atoms with Gasteiger partial charge < -0.3 is 0 Å². The van der Waals surface area contributed by atoms with Crippen molar-refractivity contribution in [2.45, 2.75) is 4.90 Å². The molecule has 6 heteroatoms. The molecule has 0 amide bonds. The van der Waals surface area contributed by atoms with Crippen molar-refractivity contribution in [3.8, 4) is 0 Å². The van der Waals surface area contributed by atoms with Crippen molar-refractivity contribution in [2.75, 3.05) is 0 Å². The zero-order valence-corrected chi connectivity index (χ0v) is 9.32. The van der Waals surface area contributed by atoms with Crippen molar-refractivity contribution < 1.29 is 12.3 Å². The quantitative estimate of drug-likeness (QED) is 0.589. The monoisotopic (exact) mass is 320 g/mol. The van der Waals surface area contributed by atoms with E-state index in [9.17, 15) is 12.3 Å². The lowest BCUT2D eigenvalue weighted by Gasteiger charge is -1.98. The molecular weight excluding hydrogens is 317 g/mol. The van der Waals surface area contributed by atoms with Crippen LogP contribution in [0.4, 0.5) is 3.89 Å². The third-order valence-electron chi connectivity index (χ3n) is 1.16. The third-order valence-corrected chi connectivity index (χ3v) is 3.53. The smallest absolute Gasteiger partial charge is 0.189 e. The number of halogens is 3. The maximum Gasteiger partial charge on any atom is 0.333 e. The average molecular weight is 321 g/mol. The Bertz CT molecular complexity index is 404. The van der Waals surface area contributed by atoms with E-state index in [0.29, 0.717) is 5.02 Å². The fourth-order valence-corrected chi connectivity index (χ4v) is 2.86. The summed E-state index contributed by atoms with van der Waals surface area (Å²) < 4.78 is 33.6. The normalized spacial score (nSPS) is 11.6. The van der Waals surface area contributed by atoms with Gasteiger partial charge >= 0.3 is 10.2 Å². The van der Waals surface area contributed by atoms with Gasteiger partial charge in [0.15, 0.2) is 0 Å². The summed E-state index contributed by atoms with van der Waals surface area (Å²) >= 11 is 7.25. The molecule has 0 aliphatic heterocycles. The highest BCUT2D eigenvalue weighted by molar-refractivity contribution is 14.1. The van der Waals surface area contributed by atoms with E-state index < -0.39 is 10.2 Å². The van der Waals surface area contributed by atoms with Gasteiger partial charge in [-0.05, 0) is 40.8 Å². The summed E-state index contributed by atoms with van der Waals surface area (Å²) in [6, 6.07) is 3.85. The first-order chi connectivity index (χ1) is 5.41. The summed E-state index contributed by atoms with van der Waals surface area (Å²) in [6.07, 6.45) is 0. The Balaban J connectivity index is 3.39. The minimum absolute atomic E-state index is 0.280. The first kappa shape index (κ1) is 10.2. The van der Waals surface area contributed by atoms with Crippen molar-refractivity contribution in [2.24, 2.45) is 0 Å². The number of hydrogen-bond donors (Lipinski definition) is 0. The molecule has 0 fully saturated rings. The summed E-state index contributed by atoms with van der Waals surface area (Å²) in [5.41, 5.74) is 0. The summed E-state index contributed by atoms with van der Waals surface area (Å²) in [6.45, 7) is 0. The van der Waals surface area contributed by atoms with Crippen molar-refractivity contribution in [1.29, 1.82) is 0 Å². The molecule has 12 heavy (non-hydrogen) atoms. The molecule has 0 aromatic heterocycles. The molecule has 0 spiro atoms. The Labute approximate surface area is 88.1 Å². The van der Waals surface area contributed by atoms with Gasteiger partial charge in [-0.1, -0.05) is 11.6 Å². The second-order valence-electron chi connectivity index (χ2n) is 2.01. The lowest BCUT2D eigenvalue weighted by atomic mass is 10.4. The van der Waals surface area contributed by atoms with Crippen LogP contribution in [0, 0.1) is 3.57 Å². The van der Waals surface area contributed by atoms with Crippen LogP contribution in [0.1, 0.15) is 0 Å². The molecule has 2 nitrogen and oxygen atoms in total. The zero-order chi connectivity index (χ0) is 9.35. The van der Waals surface area contributed by atoms with E-state index in [0.717, 1.165) is 6.07 Å². The number of benzene rings is 1. The van der Waals surface area contributed by atoms with Crippen LogP contribution in [-0.2, 0) is 10.2 Å². The second-order valence-corrected chi connectivity index (χ2v) is 4.93. The van der Waals surface area contributed by atoms with Gasteiger partial charge in [0.1, 0.15) is 4.90 Å². The van der Waals surface area contributed by atoms with Crippen LogP contribution in [0.2, 0.25) is 5.02 Å². The minimum atomic E-state index is -4.62. The average Bonchev–Trinajstić information content (AvgIpc) is 1.83. The Morgan fingerprint density at radius 3 is 2.42 bits per heavy atom. The predicted octanol–water partition coefficient (Wildman–Crippen LogP) is 2.60. The number of rotatable bonds is 1. The lowest BCUT2D eigenvalue weighted by Crippen LogP contribution is -1.94. The van der Waals surface area contributed by atoms with Crippen LogP contribution < -0.4 is 0 Å². The van der Waals surface area contributed by atoms with E-state index in [4.69, 9.17) is 11.6 Å². The summed E-state index contributed by atoms with van der Waals surface area (Å²) in [5, 5.41) is 0.381. The molecule has 1 aromatic carbocycles. The molecule has 0 radical (unpaired) electrons. The van der Waals surface area contributed by atoms with E-state index in [1.165, 1.54) is 12.1 Å². The van der Waals surface area contributed by atoms with Crippen LogP contribution >= 0.6 is 34.2 Å². The van der Waals surface area contributed by atoms with Crippen molar-refractivity contribution in [1.82, 2.24) is 0 Å². The molecule has 0 unspecified atom stereocenters. The number of hydrogen-bond acceptors (Lipinski definition) is 2. The highest BCUT2D eigenvalue weighted by Crippen LogP contribution is 2.23. The van der Waals surface area contributed by atoms with Crippen LogP contribution in [0.25, 0.3) is 0 Å². The van der Waals surface area contributed by atoms with E-state index >= 15 is 0 Å². The highest BCUT2D eigenvalue weighted by Gasteiger charge is 2.15. The molecule has 0 bridgehead atoms. The SMILES string of the molecule is O=S(=O)(F)c1ccc(Cl)cc1I. The zero-order valence-electron chi connectivity index (χ0n) is 5.59. The van der Waals surface area contributed by atoms with Gasteiger partial charge in [0.2, 0.25) is 0 Å². The fraction of sp³-hybridized carbons (Fsp3) is 0. The summed E-state index contributed by atoms with van der Waals surface area (Å²) in [4.78, 5) is -0.340. The largest absolute Gasteiger partial charge is 0.333 e. The van der Waals surface area contributed by atoms with Crippen LogP contribution in [0.15, 0.2) is 23.1 Å². The van der Waals surface area contributed by atoms with Gasteiger partial charge in [-0.15, -0.1) is 3.89 Å². The van der Waals surface area contributed by atoms with Gasteiger partial charge in [-0.25, -0.2) is 0 Å². The Morgan fingerprint density at radius 1 is 1.42 bits per heavy atom. The van der Waals surface area contributed by atoms with Crippen molar-refractivity contribution >= 4 is 44.4 Å². The van der Waals surface area contributed by atoms with Crippen LogP contribution in [0.5, 0.6) is 0 Å². The van der Waals surface area contributed by atoms with Gasteiger partial charge in [-0.3, -0.25) is 0 Å². The van der Waals surface area contributed by atoms with E-state index in [-0.39, 0.29) is 8.47 Å². The molecule has 1 rings (SSSR count). The van der Waals surface area contributed by atoms with Gasteiger partial charge in [-0.2, -0.15) is 8.42 Å². The summed E-state index contributed by atoms with van der Waals surface area (Å²) in [7, 11) is -4.62. The minimum Gasteiger partial charge on any atom is -0.189 e. The second kappa shape index (κ2) is 3.47. The van der Waals surface area contributed by atoms with Gasteiger partial charge in [0.05, 0.1) is 0 Å². The molecule has 0 atom stereocenters. The first-order valence-corrected chi connectivity index (χ1v) is 5.65. The Hall–Kier alpha value is 0.120. The van der Waals surface area contributed by atoms with E-state index in [1.807, 2.05) is 0 Å². The topological polar surface area (TPSA) is 34.1 Å². The fourth-order valence-electron chi connectivity index (χ4n) is 0.673. The molecule has 1 aromatic rings.